The van der Waals surface area contributed by atoms with Crippen LogP contribution in [0.15, 0.2) is 0 Å². The second kappa shape index (κ2) is 6.12. The summed E-state index contributed by atoms with van der Waals surface area (Å²) in [5.74, 6) is -0.641. The van der Waals surface area contributed by atoms with Crippen molar-refractivity contribution in [3.8, 4) is 0 Å². The molecule has 3 amide bonds. The predicted octanol–water partition coefficient (Wildman–Crippen LogP) is -1.37. The van der Waals surface area contributed by atoms with E-state index in [1.54, 1.807) is 0 Å². The van der Waals surface area contributed by atoms with Gasteiger partial charge in [-0.3, -0.25) is 24.6 Å². The molecule has 0 radical (unpaired) electrons. The highest BCUT2D eigenvalue weighted by atomic mass is 16.5. The molecule has 2 aliphatic rings. The Kier molecular flexibility index (Phi) is 4.49. The van der Waals surface area contributed by atoms with E-state index in [-0.39, 0.29) is 36.7 Å². The molecule has 0 aromatic heterocycles. The molecule has 0 bridgehead atoms. The third-order valence-corrected chi connectivity index (χ3v) is 3.48. The van der Waals surface area contributed by atoms with Gasteiger partial charge in [0, 0.05) is 26.3 Å². The molecule has 0 aromatic rings. The number of nitrogens with one attached hydrogen (secondary N) is 2. The van der Waals surface area contributed by atoms with Gasteiger partial charge in [-0.25, -0.2) is 0 Å². The van der Waals surface area contributed by atoms with Gasteiger partial charge in [0.1, 0.15) is 0 Å². The number of hydrogen-bond donors (Lipinski definition) is 2. The summed E-state index contributed by atoms with van der Waals surface area (Å²) in [4.78, 5) is 35.7. The molecule has 19 heavy (non-hydrogen) atoms. The molecular weight excluding hydrogens is 250 g/mol. The average molecular weight is 269 g/mol. The van der Waals surface area contributed by atoms with Crippen molar-refractivity contribution in [2.24, 2.45) is 0 Å². The van der Waals surface area contributed by atoms with Crippen molar-refractivity contribution in [2.75, 3.05) is 26.8 Å². The van der Waals surface area contributed by atoms with Gasteiger partial charge in [0.2, 0.25) is 17.7 Å². The fourth-order valence-electron chi connectivity index (χ4n) is 2.25. The normalized spacial score (nSPS) is 24.9. The lowest BCUT2D eigenvalue weighted by molar-refractivity contribution is -0.137. The summed E-state index contributed by atoms with van der Waals surface area (Å²) >= 11 is 0. The zero-order chi connectivity index (χ0) is 13.8. The SMILES string of the molecule is CN1C(=O)CC(NCC(=O)NC2CCOCC2)C1=O. The number of hydrogen-bond acceptors (Lipinski definition) is 5. The number of nitrogens with zero attached hydrogens (tertiary/aromatic N) is 1. The van der Waals surface area contributed by atoms with Crippen LogP contribution in [0, 0.1) is 0 Å². The maximum absolute atomic E-state index is 11.7. The molecule has 106 valence electrons. The first-order chi connectivity index (χ1) is 9.08. The smallest absolute Gasteiger partial charge is 0.246 e. The van der Waals surface area contributed by atoms with Crippen LogP contribution in [0.1, 0.15) is 19.3 Å². The van der Waals surface area contributed by atoms with Crippen LogP contribution in [-0.2, 0) is 19.1 Å². The average Bonchev–Trinajstić information content (AvgIpc) is 2.65. The van der Waals surface area contributed by atoms with Crippen molar-refractivity contribution in [2.45, 2.75) is 31.3 Å². The first-order valence-electron chi connectivity index (χ1n) is 6.49. The van der Waals surface area contributed by atoms with Crippen molar-refractivity contribution in [1.29, 1.82) is 0 Å². The quantitative estimate of drug-likeness (QED) is 0.615. The molecule has 7 heteroatoms. The Hall–Kier alpha value is -1.47. The first-order valence-corrected chi connectivity index (χ1v) is 6.49. The summed E-state index contributed by atoms with van der Waals surface area (Å²) in [6.45, 7) is 1.38. The van der Waals surface area contributed by atoms with Crippen LogP contribution in [-0.4, -0.2) is 61.5 Å². The van der Waals surface area contributed by atoms with Crippen LogP contribution >= 0.6 is 0 Å². The molecule has 7 nitrogen and oxygen atoms in total. The second-order valence-corrected chi connectivity index (χ2v) is 4.88. The van der Waals surface area contributed by atoms with Gasteiger partial charge < -0.3 is 10.1 Å². The number of likely N-dealkylation sites (N-methyl/N-ethyl adjacent to an activating group) is 1. The van der Waals surface area contributed by atoms with E-state index in [4.69, 9.17) is 4.74 Å². The van der Waals surface area contributed by atoms with Crippen LogP contribution in [0.4, 0.5) is 0 Å². The maximum atomic E-state index is 11.7. The molecule has 2 heterocycles. The topological polar surface area (TPSA) is 87.7 Å². The van der Waals surface area contributed by atoms with Crippen molar-refractivity contribution in [1.82, 2.24) is 15.5 Å². The molecule has 1 atom stereocenters. The fraction of sp³-hybridized carbons (Fsp3) is 0.750. The first kappa shape index (κ1) is 14.0. The van der Waals surface area contributed by atoms with Gasteiger partial charge in [-0.2, -0.15) is 0 Å². The van der Waals surface area contributed by atoms with Gasteiger partial charge in [-0.1, -0.05) is 0 Å². The van der Waals surface area contributed by atoms with E-state index in [0.717, 1.165) is 17.7 Å². The standard InChI is InChI=1S/C12H19N3O4/c1-15-11(17)6-9(12(15)18)13-7-10(16)14-8-2-4-19-5-3-8/h8-9,13H,2-7H2,1H3,(H,14,16). The number of amides is 3. The summed E-state index contributed by atoms with van der Waals surface area (Å²) < 4.78 is 5.21. The van der Waals surface area contributed by atoms with Crippen LogP contribution in [0.2, 0.25) is 0 Å². The number of carbonyl (C=O) groups excluding carboxylic acids is 3. The van der Waals surface area contributed by atoms with Crippen molar-refractivity contribution in [3.05, 3.63) is 0 Å². The fourth-order valence-corrected chi connectivity index (χ4v) is 2.25. The van der Waals surface area contributed by atoms with Crippen LogP contribution in [0.3, 0.4) is 0 Å². The molecular formula is C12H19N3O4. The third kappa shape index (κ3) is 3.51. The minimum Gasteiger partial charge on any atom is -0.381 e. The van der Waals surface area contributed by atoms with E-state index in [1.807, 2.05) is 0 Å². The van der Waals surface area contributed by atoms with E-state index in [0.29, 0.717) is 13.2 Å². The highest BCUT2D eigenvalue weighted by Crippen LogP contribution is 2.10. The summed E-state index contributed by atoms with van der Waals surface area (Å²) in [5.41, 5.74) is 0. The van der Waals surface area contributed by atoms with Crippen molar-refractivity contribution >= 4 is 17.7 Å². The van der Waals surface area contributed by atoms with E-state index in [1.165, 1.54) is 7.05 Å². The van der Waals surface area contributed by atoms with Crippen molar-refractivity contribution < 1.29 is 19.1 Å². The molecule has 0 aliphatic carbocycles. The molecule has 2 fully saturated rings. The van der Waals surface area contributed by atoms with Gasteiger partial charge >= 0.3 is 0 Å². The van der Waals surface area contributed by atoms with Crippen LogP contribution < -0.4 is 10.6 Å². The van der Waals surface area contributed by atoms with Crippen LogP contribution in [0.5, 0.6) is 0 Å². The Bertz CT molecular complexity index is 379. The maximum Gasteiger partial charge on any atom is 0.246 e. The Balaban J connectivity index is 1.71. The second-order valence-electron chi connectivity index (χ2n) is 4.88. The molecule has 2 saturated heterocycles. The summed E-state index contributed by atoms with van der Waals surface area (Å²) in [5, 5.41) is 5.72. The Labute approximate surface area is 111 Å². The monoisotopic (exact) mass is 269 g/mol. The van der Waals surface area contributed by atoms with Crippen molar-refractivity contribution in [3.63, 3.8) is 0 Å². The third-order valence-electron chi connectivity index (χ3n) is 3.48. The minimum absolute atomic E-state index is 0.0505. The zero-order valence-corrected chi connectivity index (χ0v) is 11.0. The molecule has 2 rings (SSSR count). The highest BCUT2D eigenvalue weighted by molar-refractivity contribution is 6.05. The lowest BCUT2D eigenvalue weighted by atomic mass is 10.1. The Morgan fingerprint density at radius 2 is 2.05 bits per heavy atom. The van der Waals surface area contributed by atoms with E-state index in [2.05, 4.69) is 10.6 Å². The van der Waals surface area contributed by atoms with Gasteiger partial charge in [0.05, 0.1) is 19.0 Å². The molecule has 2 N–H and O–H groups in total. The lowest BCUT2D eigenvalue weighted by Crippen LogP contribution is -2.46. The largest absolute Gasteiger partial charge is 0.381 e. The molecule has 1 unspecified atom stereocenters. The molecule has 0 saturated carbocycles. The highest BCUT2D eigenvalue weighted by Gasteiger charge is 2.35. The number of imide groups is 1. The summed E-state index contributed by atoms with van der Waals surface area (Å²) in [7, 11) is 1.45. The number of rotatable bonds is 4. The molecule has 0 aromatic carbocycles. The Morgan fingerprint density at radius 1 is 1.37 bits per heavy atom. The lowest BCUT2D eigenvalue weighted by Gasteiger charge is -2.23. The molecule has 2 aliphatic heterocycles. The summed E-state index contributed by atoms with van der Waals surface area (Å²) in [6, 6.07) is -0.426. The van der Waals surface area contributed by atoms with Gasteiger partial charge in [-0.15, -0.1) is 0 Å². The number of likely N-dealkylation sites (tertiary alicyclic amines) is 1. The van der Waals surface area contributed by atoms with E-state index in [9.17, 15) is 14.4 Å². The number of ether oxygens (including phenoxy) is 1. The van der Waals surface area contributed by atoms with E-state index >= 15 is 0 Å². The van der Waals surface area contributed by atoms with Crippen LogP contribution in [0.25, 0.3) is 0 Å². The van der Waals surface area contributed by atoms with E-state index < -0.39 is 6.04 Å². The molecule has 0 spiro atoms. The Morgan fingerprint density at radius 3 is 2.63 bits per heavy atom. The summed E-state index contributed by atoms with van der Waals surface area (Å²) in [6.07, 6.45) is 1.75. The van der Waals surface area contributed by atoms with Gasteiger partial charge in [0.15, 0.2) is 0 Å². The number of carbonyl (C=O) groups is 3. The van der Waals surface area contributed by atoms with Gasteiger partial charge in [0.25, 0.3) is 0 Å². The minimum atomic E-state index is -0.571. The van der Waals surface area contributed by atoms with Gasteiger partial charge in [-0.05, 0) is 12.8 Å². The zero-order valence-electron chi connectivity index (χ0n) is 11.0. The predicted molar refractivity (Wildman–Crippen MR) is 66.2 cm³/mol.